The number of thiazole rings is 1. The summed E-state index contributed by atoms with van der Waals surface area (Å²) in [5.41, 5.74) is 3.94. The minimum atomic E-state index is -1.00. The molecule has 0 unspecified atom stereocenters. The maximum absolute atomic E-state index is 12.1. The van der Waals surface area contributed by atoms with Crippen LogP contribution in [0.5, 0.6) is 11.6 Å². The highest BCUT2D eigenvalue weighted by atomic mass is 32.1. The van der Waals surface area contributed by atoms with E-state index in [0.29, 0.717) is 29.6 Å². The van der Waals surface area contributed by atoms with Crippen LogP contribution in [0.15, 0.2) is 42.5 Å². The van der Waals surface area contributed by atoms with Gasteiger partial charge in [0.05, 0.1) is 41.6 Å². The van der Waals surface area contributed by atoms with Crippen LogP contribution >= 0.6 is 11.3 Å². The average molecular weight is 493 g/mol. The molecule has 2 aromatic carbocycles. The molecule has 8 nitrogen and oxygen atoms in total. The van der Waals surface area contributed by atoms with Crippen molar-refractivity contribution in [1.29, 1.82) is 0 Å². The fourth-order valence-corrected chi connectivity index (χ4v) is 4.89. The Labute approximate surface area is 208 Å². The van der Waals surface area contributed by atoms with E-state index in [9.17, 15) is 9.90 Å². The molecule has 9 heteroatoms. The first-order chi connectivity index (χ1) is 16.9. The number of benzene rings is 2. The molecule has 4 rings (SSSR count). The predicted octanol–water partition coefficient (Wildman–Crippen LogP) is 5.89. The number of anilines is 2. The summed E-state index contributed by atoms with van der Waals surface area (Å²) in [6.07, 6.45) is 1.39. The lowest BCUT2D eigenvalue weighted by atomic mass is 10.1. The zero-order chi connectivity index (χ0) is 25.1. The molecule has 182 valence electrons. The number of rotatable bonds is 9. The Balaban J connectivity index is 2.00. The summed E-state index contributed by atoms with van der Waals surface area (Å²) in [6.45, 7) is 5.97. The summed E-state index contributed by atoms with van der Waals surface area (Å²) in [5.74, 6) is 0.797. The molecule has 0 aliphatic carbocycles. The fraction of sp³-hybridized carbons (Fsp3) is 0.269. The molecule has 0 saturated carbocycles. The van der Waals surface area contributed by atoms with Crippen LogP contribution in [0.25, 0.3) is 16.3 Å². The zero-order valence-electron chi connectivity index (χ0n) is 20.4. The molecular formula is C26H28N4O4S. The second kappa shape index (κ2) is 10.2. The third-order valence-corrected chi connectivity index (χ3v) is 6.71. The standard InChI is InChI=1S/C26H28N4O4S/c1-6-16-12-13-19(17(14-16)26(31)32)27-23-22(25-28-24(34-5)15(3)35-25)18(7-2)29-30(23)20-10-8-9-11-21(20)33-4/h8-14,27H,6-7H2,1-5H3,(H,31,32). The van der Waals surface area contributed by atoms with Gasteiger partial charge in [0.1, 0.15) is 22.3 Å². The molecule has 0 fully saturated rings. The van der Waals surface area contributed by atoms with Crippen molar-refractivity contribution in [1.82, 2.24) is 14.8 Å². The lowest BCUT2D eigenvalue weighted by Gasteiger charge is -2.16. The quantitative estimate of drug-likeness (QED) is 0.301. The summed E-state index contributed by atoms with van der Waals surface area (Å²) in [4.78, 5) is 17.8. The Morgan fingerprint density at radius 1 is 1.11 bits per heavy atom. The number of carboxylic acid groups (broad SMARTS) is 1. The smallest absolute Gasteiger partial charge is 0.337 e. The van der Waals surface area contributed by atoms with Gasteiger partial charge in [0.25, 0.3) is 0 Å². The van der Waals surface area contributed by atoms with E-state index in [-0.39, 0.29) is 5.56 Å². The minimum Gasteiger partial charge on any atom is -0.494 e. The van der Waals surface area contributed by atoms with Gasteiger partial charge in [-0.25, -0.2) is 14.5 Å². The van der Waals surface area contributed by atoms with E-state index in [0.717, 1.165) is 38.8 Å². The fourth-order valence-electron chi connectivity index (χ4n) is 3.93. The molecule has 0 amide bonds. The van der Waals surface area contributed by atoms with Crippen molar-refractivity contribution in [3.8, 4) is 27.9 Å². The van der Waals surface area contributed by atoms with Crippen molar-refractivity contribution in [2.24, 2.45) is 0 Å². The summed E-state index contributed by atoms with van der Waals surface area (Å²) >= 11 is 1.50. The molecule has 0 aliphatic heterocycles. The highest BCUT2D eigenvalue weighted by molar-refractivity contribution is 7.15. The number of nitrogens with zero attached hydrogens (tertiary/aromatic N) is 3. The van der Waals surface area contributed by atoms with Crippen molar-refractivity contribution in [3.05, 3.63) is 64.2 Å². The monoisotopic (exact) mass is 492 g/mol. The van der Waals surface area contributed by atoms with Crippen LogP contribution in [0.4, 0.5) is 11.5 Å². The number of para-hydroxylation sites is 2. The Kier molecular flexibility index (Phi) is 7.07. The lowest BCUT2D eigenvalue weighted by Crippen LogP contribution is -2.08. The highest BCUT2D eigenvalue weighted by Crippen LogP contribution is 2.42. The molecule has 0 saturated heterocycles. The van der Waals surface area contributed by atoms with Crippen molar-refractivity contribution >= 4 is 28.8 Å². The third kappa shape index (κ3) is 4.59. The first-order valence-corrected chi connectivity index (χ1v) is 12.1. The van der Waals surface area contributed by atoms with Gasteiger partial charge in [-0.2, -0.15) is 5.10 Å². The molecule has 0 aliphatic rings. The number of aromatic nitrogens is 3. The van der Waals surface area contributed by atoms with E-state index in [1.54, 1.807) is 31.0 Å². The molecule has 35 heavy (non-hydrogen) atoms. The van der Waals surface area contributed by atoms with Gasteiger partial charge >= 0.3 is 5.97 Å². The normalized spacial score (nSPS) is 10.9. The Morgan fingerprint density at radius 2 is 1.89 bits per heavy atom. The summed E-state index contributed by atoms with van der Waals surface area (Å²) in [7, 11) is 3.20. The number of carboxylic acids is 1. The van der Waals surface area contributed by atoms with Crippen LogP contribution in [0.2, 0.25) is 0 Å². The average Bonchev–Trinajstić information content (AvgIpc) is 3.43. The molecular weight excluding hydrogens is 464 g/mol. The number of hydrogen-bond donors (Lipinski definition) is 2. The number of aryl methyl sites for hydroxylation is 3. The maximum Gasteiger partial charge on any atom is 0.337 e. The lowest BCUT2D eigenvalue weighted by molar-refractivity contribution is 0.0698. The molecule has 2 aromatic heterocycles. The second-order valence-corrected chi connectivity index (χ2v) is 9.06. The van der Waals surface area contributed by atoms with Gasteiger partial charge in [-0.15, -0.1) is 11.3 Å². The van der Waals surface area contributed by atoms with Crippen molar-refractivity contribution in [2.75, 3.05) is 19.5 Å². The van der Waals surface area contributed by atoms with E-state index < -0.39 is 5.97 Å². The van der Waals surface area contributed by atoms with Crippen LogP contribution in [0.1, 0.15) is 40.3 Å². The molecule has 0 radical (unpaired) electrons. The number of aromatic carboxylic acids is 1. The van der Waals surface area contributed by atoms with Crippen LogP contribution in [0, 0.1) is 6.92 Å². The van der Waals surface area contributed by atoms with E-state index in [4.69, 9.17) is 19.6 Å². The number of hydrogen-bond acceptors (Lipinski definition) is 7. The van der Waals surface area contributed by atoms with Crippen LogP contribution in [0.3, 0.4) is 0 Å². The van der Waals surface area contributed by atoms with Crippen molar-refractivity contribution in [3.63, 3.8) is 0 Å². The van der Waals surface area contributed by atoms with Gasteiger partial charge in [-0.3, -0.25) is 0 Å². The summed E-state index contributed by atoms with van der Waals surface area (Å²) in [6, 6.07) is 13.0. The van der Waals surface area contributed by atoms with Gasteiger partial charge in [0, 0.05) is 0 Å². The number of carbonyl (C=O) groups is 1. The number of nitrogens with one attached hydrogen (secondary N) is 1. The minimum absolute atomic E-state index is 0.189. The Bertz CT molecular complexity index is 1380. The van der Waals surface area contributed by atoms with E-state index in [1.807, 2.05) is 51.1 Å². The van der Waals surface area contributed by atoms with Gasteiger partial charge in [0.2, 0.25) is 5.88 Å². The maximum atomic E-state index is 12.1. The van der Waals surface area contributed by atoms with Gasteiger partial charge in [-0.1, -0.05) is 32.0 Å². The number of methoxy groups -OCH3 is 2. The molecule has 2 heterocycles. The van der Waals surface area contributed by atoms with Crippen LogP contribution in [-0.2, 0) is 12.8 Å². The first kappa shape index (κ1) is 24.3. The molecule has 0 atom stereocenters. The van der Waals surface area contributed by atoms with Crippen LogP contribution < -0.4 is 14.8 Å². The summed E-state index contributed by atoms with van der Waals surface area (Å²) in [5, 5.41) is 19.0. The van der Waals surface area contributed by atoms with Gasteiger partial charge in [-0.05, 0) is 49.6 Å². The second-order valence-electron chi connectivity index (χ2n) is 7.86. The molecule has 0 bridgehead atoms. The number of ether oxygens (including phenoxy) is 2. The van der Waals surface area contributed by atoms with E-state index >= 15 is 0 Å². The molecule has 2 N–H and O–H groups in total. The van der Waals surface area contributed by atoms with E-state index in [1.165, 1.54) is 11.3 Å². The molecule has 4 aromatic rings. The topological polar surface area (TPSA) is 98.5 Å². The van der Waals surface area contributed by atoms with E-state index in [2.05, 4.69) is 5.32 Å². The van der Waals surface area contributed by atoms with Crippen molar-refractivity contribution < 1.29 is 19.4 Å². The largest absolute Gasteiger partial charge is 0.494 e. The van der Waals surface area contributed by atoms with Gasteiger partial charge < -0.3 is 19.9 Å². The highest BCUT2D eigenvalue weighted by Gasteiger charge is 2.26. The Morgan fingerprint density at radius 3 is 2.51 bits per heavy atom. The summed E-state index contributed by atoms with van der Waals surface area (Å²) < 4.78 is 12.8. The molecule has 0 spiro atoms. The zero-order valence-corrected chi connectivity index (χ0v) is 21.2. The van der Waals surface area contributed by atoms with Crippen molar-refractivity contribution in [2.45, 2.75) is 33.6 Å². The first-order valence-electron chi connectivity index (χ1n) is 11.3. The predicted molar refractivity (Wildman–Crippen MR) is 138 cm³/mol. The SMILES string of the molecule is CCc1ccc(Nc2c(-c3nc(OC)c(C)s3)c(CC)nn2-c2ccccc2OC)c(C(=O)O)c1. The van der Waals surface area contributed by atoms with Gasteiger partial charge in [0.15, 0.2) is 0 Å². The third-order valence-electron chi connectivity index (χ3n) is 5.74. The van der Waals surface area contributed by atoms with Crippen LogP contribution in [-0.4, -0.2) is 40.1 Å². The Hall–Kier alpha value is -3.85.